The Hall–Kier alpha value is -1.38. The molecule has 3 rings (SSSR count). The van der Waals surface area contributed by atoms with Crippen molar-refractivity contribution in [2.75, 3.05) is 25.4 Å². The molecule has 0 spiro atoms. The lowest BCUT2D eigenvalue weighted by Crippen LogP contribution is -2.49. The molecule has 1 amide bonds. The highest BCUT2D eigenvalue weighted by Crippen LogP contribution is 2.39. The Morgan fingerprint density at radius 3 is 2.91 bits per heavy atom. The first-order chi connectivity index (χ1) is 10.9. The predicted octanol–water partition coefficient (Wildman–Crippen LogP) is 0.582. The zero-order valence-electron chi connectivity index (χ0n) is 13.1. The van der Waals surface area contributed by atoms with Gasteiger partial charge in [-0.15, -0.1) is 0 Å². The maximum Gasteiger partial charge on any atom is 0.226 e. The molecular formula is C15H22N2O5S. The lowest BCUT2D eigenvalue weighted by Gasteiger charge is -2.33. The molecule has 2 aliphatic rings. The van der Waals surface area contributed by atoms with Gasteiger partial charge in [-0.3, -0.25) is 4.79 Å². The molecule has 1 saturated heterocycles. The van der Waals surface area contributed by atoms with Gasteiger partial charge < -0.3 is 14.1 Å². The van der Waals surface area contributed by atoms with Crippen molar-refractivity contribution in [3.63, 3.8) is 0 Å². The molecule has 1 aliphatic carbocycles. The van der Waals surface area contributed by atoms with Crippen LogP contribution in [0.4, 0.5) is 0 Å². The number of amides is 1. The van der Waals surface area contributed by atoms with E-state index in [1.165, 1.54) is 6.26 Å². The van der Waals surface area contributed by atoms with Crippen LogP contribution in [-0.2, 0) is 26.1 Å². The Bertz CT molecular complexity index is 643. The summed E-state index contributed by atoms with van der Waals surface area (Å²) in [4.78, 5) is 14.0. The van der Waals surface area contributed by atoms with Crippen LogP contribution in [0.1, 0.15) is 19.1 Å². The van der Waals surface area contributed by atoms with Crippen LogP contribution in [0, 0.1) is 11.8 Å². The molecular weight excluding hydrogens is 320 g/mol. The Morgan fingerprint density at radius 2 is 2.26 bits per heavy atom. The fourth-order valence-corrected chi connectivity index (χ4v) is 3.99. The fraction of sp³-hybridized carbons (Fsp3) is 0.667. The number of carbonyl (C=O) groups is 1. The van der Waals surface area contributed by atoms with E-state index in [1.807, 2.05) is 0 Å². The zero-order valence-corrected chi connectivity index (χ0v) is 13.9. The number of furan rings is 1. The summed E-state index contributed by atoms with van der Waals surface area (Å²) in [6, 6.07) is 3.41. The monoisotopic (exact) mass is 342 g/mol. The van der Waals surface area contributed by atoms with Crippen molar-refractivity contribution in [3.8, 4) is 0 Å². The second kappa shape index (κ2) is 6.62. The molecule has 3 atom stereocenters. The largest absolute Gasteiger partial charge is 0.468 e. The van der Waals surface area contributed by atoms with Crippen molar-refractivity contribution in [1.82, 2.24) is 9.62 Å². The smallest absolute Gasteiger partial charge is 0.226 e. The first-order valence-electron chi connectivity index (χ1n) is 7.85. The van der Waals surface area contributed by atoms with E-state index in [-0.39, 0.29) is 24.1 Å². The number of hydrogen-bond acceptors (Lipinski definition) is 5. The average Bonchev–Trinajstić information content (AvgIpc) is 3.01. The summed E-state index contributed by atoms with van der Waals surface area (Å²) in [7, 11) is -3.49. The van der Waals surface area contributed by atoms with Crippen molar-refractivity contribution < 1.29 is 22.4 Å². The molecule has 128 valence electrons. The fourth-order valence-electron chi connectivity index (χ4n) is 2.82. The van der Waals surface area contributed by atoms with E-state index >= 15 is 0 Å². The van der Waals surface area contributed by atoms with Gasteiger partial charge >= 0.3 is 0 Å². The van der Waals surface area contributed by atoms with Crippen molar-refractivity contribution in [3.05, 3.63) is 24.2 Å². The number of morpholine rings is 1. The summed E-state index contributed by atoms with van der Waals surface area (Å²) in [5.41, 5.74) is 0. The molecule has 1 N–H and O–H groups in total. The molecule has 23 heavy (non-hydrogen) atoms. The predicted molar refractivity (Wildman–Crippen MR) is 82.9 cm³/mol. The SMILES string of the molecule is C[C@@H]1C[C@H]1C(=O)N1CCO[C@@H](CS(=O)(=O)NCc2ccco2)C1. The van der Waals surface area contributed by atoms with E-state index in [0.717, 1.165) is 6.42 Å². The number of sulfonamides is 1. The second-order valence-corrected chi connectivity index (χ2v) is 8.13. The van der Waals surface area contributed by atoms with E-state index < -0.39 is 16.1 Å². The quantitative estimate of drug-likeness (QED) is 0.817. The minimum absolute atomic E-state index is 0.113. The molecule has 2 fully saturated rings. The highest BCUT2D eigenvalue weighted by molar-refractivity contribution is 7.89. The van der Waals surface area contributed by atoms with Crippen LogP contribution in [-0.4, -0.2) is 50.8 Å². The molecule has 1 saturated carbocycles. The summed E-state index contributed by atoms with van der Waals surface area (Å²) >= 11 is 0. The first-order valence-corrected chi connectivity index (χ1v) is 9.50. The molecule has 1 aliphatic heterocycles. The highest BCUT2D eigenvalue weighted by atomic mass is 32.2. The first kappa shape index (κ1) is 16.5. The summed E-state index contributed by atoms with van der Waals surface area (Å²) in [6.45, 7) is 3.43. The number of hydrogen-bond donors (Lipinski definition) is 1. The summed E-state index contributed by atoms with van der Waals surface area (Å²) in [5.74, 6) is 1.09. The van der Waals surface area contributed by atoms with E-state index in [9.17, 15) is 13.2 Å². The number of nitrogens with zero attached hydrogens (tertiary/aromatic N) is 1. The van der Waals surface area contributed by atoms with Crippen LogP contribution >= 0.6 is 0 Å². The van der Waals surface area contributed by atoms with Crippen molar-refractivity contribution >= 4 is 15.9 Å². The third-order valence-corrected chi connectivity index (χ3v) is 5.72. The molecule has 2 heterocycles. The van der Waals surface area contributed by atoms with Crippen LogP contribution in [0.25, 0.3) is 0 Å². The molecule has 0 bridgehead atoms. The number of ether oxygens (including phenoxy) is 1. The maximum absolute atomic E-state index is 12.3. The number of nitrogens with one attached hydrogen (secondary N) is 1. The van der Waals surface area contributed by atoms with Gasteiger partial charge in [-0.05, 0) is 24.5 Å². The highest BCUT2D eigenvalue weighted by Gasteiger charge is 2.42. The van der Waals surface area contributed by atoms with Crippen LogP contribution in [0.15, 0.2) is 22.8 Å². The molecule has 7 nitrogen and oxygen atoms in total. The standard InChI is InChI=1S/C15H22N2O5S/c1-11-7-14(11)15(18)17-4-6-22-13(9-17)10-23(19,20)16-8-12-3-2-5-21-12/h2-3,5,11,13-14,16H,4,6-10H2,1H3/t11-,13-,14-/m1/s1. The lowest BCUT2D eigenvalue weighted by molar-refractivity contribution is -0.139. The number of carbonyl (C=O) groups excluding carboxylic acids is 1. The maximum atomic E-state index is 12.3. The van der Waals surface area contributed by atoms with Crippen molar-refractivity contribution in [2.24, 2.45) is 11.8 Å². The van der Waals surface area contributed by atoms with E-state index in [2.05, 4.69) is 11.6 Å². The van der Waals surface area contributed by atoms with Crippen LogP contribution < -0.4 is 4.72 Å². The normalized spacial score (nSPS) is 27.9. The summed E-state index contributed by atoms with van der Waals surface area (Å²) < 4.78 is 37.4. The molecule has 1 aromatic heterocycles. The minimum atomic E-state index is -3.49. The van der Waals surface area contributed by atoms with E-state index in [4.69, 9.17) is 9.15 Å². The van der Waals surface area contributed by atoms with Crippen LogP contribution in [0.3, 0.4) is 0 Å². The van der Waals surface area contributed by atoms with Crippen LogP contribution in [0.5, 0.6) is 0 Å². The van der Waals surface area contributed by atoms with Crippen LogP contribution in [0.2, 0.25) is 0 Å². The van der Waals surface area contributed by atoms with Gasteiger partial charge in [-0.2, -0.15) is 0 Å². The van der Waals surface area contributed by atoms with Gasteiger partial charge in [0.05, 0.1) is 31.3 Å². The summed E-state index contributed by atoms with van der Waals surface area (Å²) in [5, 5.41) is 0. The topological polar surface area (TPSA) is 88.8 Å². The van der Waals surface area contributed by atoms with Gasteiger partial charge in [-0.1, -0.05) is 6.92 Å². The molecule has 0 aromatic carbocycles. The Morgan fingerprint density at radius 1 is 1.48 bits per heavy atom. The van der Waals surface area contributed by atoms with Gasteiger partial charge in [-0.25, -0.2) is 13.1 Å². The van der Waals surface area contributed by atoms with Crippen molar-refractivity contribution in [1.29, 1.82) is 0 Å². The van der Waals surface area contributed by atoms with E-state index in [0.29, 0.717) is 31.4 Å². The Balaban J connectivity index is 1.51. The van der Waals surface area contributed by atoms with E-state index in [1.54, 1.807) is 17.0 Å². The third kappa shape index (κ3) is 4.33. The van der Waals surface area contributed by atoms with Gasteiger partial charge in [0.2, 0.25) is 15.9 Å². The Labute approximate surface area is 136 Å². The van der Waals surface area contributed by atoms with Gasteiger partial charge in [0.25, 0.3) is 0 Å². The summed E-state index contributed by atoms with van der Waals surface area (Å²) in [6.07, 6.45) is 1.94. The Kier molecular flexibility index (Phi) is 4.74. The second-order valence-electron chi connectivity index (χ2n) is 6.28. The minimum Gasteiger partial charge on any atom is -0.468 e. The third-order valence-electron chi connectivity index (χ3n) is 4.33. The molecule has 8 heteroatoms. The zero-order chi connectivity index (χ0) is 16.4. The lowest BCUT2D eigenvalue weighted by atomic mass is 10.2. The average molecular weight is 342 g/mol. The van der Waals surface area contributed by atoms with Gasteiger partial charge in [0.1, 0.15) is 5.76 Å². The molecule has 0 unspecified atom stereocenters. The van der Waals surface area contributed by atoms with Crippen molar-refractivity contribution in [2.45, 2.75) is 26.0 Å². The van der Waals surface area contributed by atoms with Gasteiger partial charge in [0.15, 0.2) is 0 Å². The molecule has 1 aromatic rings. The number of rotatable bonds is 6. The van der Waals surface area contributed by atoms with Gasteiger partial charge in [0, 0.05) is 19.0 Å². The molecule has 0 radical (unpaired) electrons.